The zero-order valence-electron chi connectivity index (χ0n) is 17.4. The molecule has 1 aliphatic rings. The molecule has 0 aromatic heterocycles. The monoisotopic (exact) mass is 416 g/mol. The zero-order chi connectivity index (χ0) is 22.1. The fraction of sp³-hybridized carbons (Fsp3) is 0.391. The van der Waals surface area contributed by atoms with Crippen LogP contribution >= 0.6 is 0 Å². The maximum atomic E-state index is 13.1. The van der Waals surface area contributed by atoms with Crippen molar-refractivity contribution < 1.29 is 24.2 Å². The molecule has 2 aromatic rings. The van der Waals surface area contributed by atoms with Crippen molar-refractivity contribution in [1.29, 1.82) is 0 Å². The van der Waals surface area contributed by atoms with E-state index in [9.17, 15) is 14.0 Å². The molecule has 1 atom stereocenters. The van der Waals surface area contributed by atoms with Gasteiger partial charge in [-0.2, -0.15) is 0 Å². The summed E-state index contributed by atoms with van der Waals surface area (Å²) < 4.78 is 13.1. The van der Waals surface area contributed by atoms with Gasteiger partial charge < -0.3 is 20.8 Å². The van der Waals surface area contributed by atoms with Crippen LogP contribution in [0.15, 0.2) is 36.4 Å². The molecule has 0 fully saturated rings. The summed E-state index contributed by atoms with van der Waals surface area (Å²) in [5, 5.41) is 22.9. The zero-order valence-corrected chi connectivity index (χ0v) is 17.4. The number of hydrogen-bond acceptors (Lipinski definition) is 4. The van der Waals surface area contributed by atoms with Crippen LogP contribution in [0, 0.1) is 12.7 Å². The molecule has 2 aromatic carbocycles. The van der Waals surface area contributed by atoms with Gasteiger partial charge in [0, 0.05) is 11.7 Å². The van der Waals surface area contributed by atoms with Gasteiger partial charge in [-0.15, -0.1) is 0 Å². The van der Waals surface area contributed by atoms with Crippen molar-refractivity contribution in [3.05, 3.63) is 64.5 Å². The molecular formula is C23H29FN2O4. The molecule has 0 unspecified atom stereocenters. The fourth-order valence-electron chi connectivity index (χ4n) is 3.36. The van der Waals surface area contributed by atoms with Crippen LogP contribution in [0.3, 0.4) is 0 Å². The van der Waals surface area contributed by atoms with Gasteiger partial charge in [-0.3, -0.25) is 9.59 Å². The fourth-order valence-corrected chi connectivity index (χ4v) is 3.36. The normalized spacial score (nSPS) is 13.8. The van der Waals surface area contributed by atoms with Crippen molar-refractivity contribution in [3.8, 4) is 0 Å². The average Bonchev–Trinajstić information content (AvgIpc) is 2.95. The second-order valence-corrected chi connectivity index (χ2v) is 7.35. The van der Waals surface area contributed by atoms with Crippen LogP contribution in [-0.2, 0) is 22.4 Å². The van der Waals surface area contributed by atoms with Crippen molar-refractivity contribution in [2.24, 2.45) is 0 Å². The number of aliphatic carboxylic acids is 2. The molecule has 7 heteroatoms. The highest BCUT2D eigenvalue weighted by Gasteiger charge is 2.16. The van der Waals surface area contributed by atoms with E-state index in [4.69, 9.17) is 10.2 Å². The van der Waals surface area contributed by atoms with Crippen LogP contribution in [-0.4, -0.2) is 35.2 Å². The summed E-state index contributed by atoms with van der Waals surface area (Å²) in [5.41, 5.74) is 6.49. The number of carboxylic acid groups (broad SMARTS) is 2. The number of halogens is 1. The van der Waals surface area contributed by atoms with Crippen molar-refractivity contribution >= 4 is 17.6 Å². The Labute approximate surface area is 176 Å². The number of aryl methyl sites for hydroxylation is 1. The highest BCUT2D eigenvalue weighted by Crippen LogP contribution is 2.30. The van der Waals surface area contributed by atoms with Crippen LogP contribution in [0.5, 0.6) is 0 Å². The highest BCUT2D eigenvalue weighted by molar-refractivity contribution is 5.75. The molecule has 0 bridgehead atoms. The quantitative estimate of drug-likeness (QED) is 0.570. The van der Waals surface area contributed by atoms with Gasteiger partial charge in [0.25, 0.3) is 0 Å². The predicted octanol–water partition coefficient (Wildman–Crippen LogP) is 3.93. The van der Waals surface area contributed by atoms with E-state index in [2.05, 4.69) is 36.6 Å². The topological polar surface area (TPSA) is 98.7 Å². The number of carboxylic acids is 2. The number of anilines is 1. The third-order valence-corrected chi connectivity index (χ3v) is 5.02. The molecule has 1 heterocycles. The SMILES string of the molecule is Cc1ccc2c(c1N[C@@H](C)c1ccc(F)cc1)CCNCC2.O=C(O)CCC(=O)O. The Kier molecular flexibility index (Phi) is 8.80. The van der Waals surface area contributed by atoms with Gasteiger partial charge in [0.1, 0.15) is 5.82 Å². The van der Waals surface area contributed by atoms with E-state index >= 15 is 0 Å². The predicted molar refractivity (Wildman–Crippen MR) is 114 cm³/mol. The first kappa shape index (κ1) is 23.3. The van der Waals surface area contributed by atoms with Crippen molar-refractivity contribution in [2.45, 2.75) is 45.6 Å². The lowest BCUT2D eigenvalue weighted by Gasteiger charge is -2.22. The van der Waals surface area contributed by atoms with E-state index in [0.29, 0.717) is 0 Å². The Morgan fingerprint density at radius 2 is 1.63 bits per heavy atom. The Hall–Kier alpha value is -2.93. The van der Waals surface area contributed by atoms with Gasteiger partial charge in [-0.05, 0) is 74.2 Å². The minimum absolute atomic E-state index is 0.155. The average molecular weight is 416 g/mol. The van der Waals surface area contributed by atoms with Crippen LogP contribution in [0.1, 0.15) is 48.1 Å². The minimum Gasteiger partial charge on any atom is -0.481 e. The van der Waals surface area contributed by atoms with E-state index in [0.717, 1.165) is 31.5 Å². The summed E-state index contributed by atoms with van der Waals surface area (Å²) in [5.74, 6) is -2.34. The molecule has 6 nitrogen and oxygen atoms in total. The lowest BCUT2D eigenvalue weighted by Crippen LogP contribution is -2.16. The first-order chi connectivity index (χ1) is 14.3. The van der Waals surface area contributed by atoms with Gasteiger partial charge in [-0.1, -0.05) is 24.3 Å². The van der Waals surface area contributed by atoms with E-state index in [1.165, 1.54) is 34.5 Å². The van der Waals surface area contributed by atoms with Crippen LogP contribution < -0.4 is 10.6 Å². The summed E-state index contributed by atoms with van der Waals surface area (Å²) in [6.07, 6.45) is 1.54. The number of rotatable bonds is 6. The Morgan fingerprint density at radius 3 is 2.23 bits per heavy atom. The largest absolute Gasteiger partial charge is 0.481 e. The van der Waals surface area contributed by atoms with E-state index in [1.54, 1.807) is 0 Å². The van der Waals surface area contributed by atoms with Crippen LogP contribution in [0.4, 0.5) is 10.1 Å². The van der Waals surface area contributed by atoms with Gasteiger partial charge in [0.15, 0.2) is 0 Å². The van der Waals surface area contributed by atoms with E-state index < -0.39 is 11.9 Å². The number of carbonyl (C=O) groups is 2. The Morgan fingerprint density at radius 1 is 1.03 bits per heavy atom. The molecule has 1 aliphatic heterocycles. The van der Waals surface area contributed by atoms with Crippen molar-refractivity contribution in [1.82, 2.24) is 5.32 Å². The molecule has 0 spiro atoms. The van der Waals surface area contributed by atoms with Gasteiger partial charge >= 0.3 is 11.9 Å². The molecule has 0 saturated heterocycles. The molecule has 0 radical (unpaired) electrons. The third-order valence-electron chi connectivity index (χ3n) is 5.02. The second-order valence-electron chi connectivity index (χ2n) is 7.35. The summed E-state index contributed by atoms with van der Waals surface area (Å²) in [7, 11) is 0. The number of hydrogen-bond donors (Lipinski definition) is 4. The minimum atomic E-state index is -1.08. The smallest absolute Gasteiger partial charge is 0.303 e. The third kappa shape index (κ3) is 7.15. The number of fused-ring (bicyclic) bond motifs is 1. The maximum absolute atomic E-state index is 13.1. The Bertz CT molecular complexity index is 854. The molecule has 0 amide bonds. The summed E-state index contributed by atoms with van der Waals surface area (Å²) >= 11 is 0. The first-order valence-corrected chi connectivity index (χ1v) is 10.1. The molecule has 0 saturated carbocycles. The van der Waals surface area contributed by atoms with Crippen LogP contribution in [0.2, 0.25) is 0 Å². The van der Waals surface area contributed by atoms with Crippen LogP contribution in [0.25, 0.3) is 0 Å². The van der Waals surface area contributed by atoms with Crippen molar-refractivity contribution in [3.63, 3.8) is 0 Å². The molecular weight excluding hydrogens is 387 g/mol. The summed E-state index contributed by atoms with van der Waals surface area (Å²) in [6, 6.07) is 11.4. The number of nitrogens with one attached hydrogen (secondary N) is 2. The second kappa shape index (κ2) is 11.3. The lowest BCUT2D eigenvalue weighted by molar-refractivity contribution is -0.143. The van der Waals surface area contributed by atoms with Gasteiger partial charge in [0.05, 0.1) is 12.8 Å². The first-order valence-electron chi connectivity index (χ1n) is 10.1. The van der Waals surface area contributed by atoms with E-state index in [-0.39, 0.29) is 24.7 Å². The summed E-state index contributed by atoms with van der Waals surface area (Å²) in [6.45, 7) is 6.35. The lowest BCUT2D eigenvalue weighted by atomic mass is 9.96. The molecule has 0 aliphatic carbocycles. The highest BCUT2D eigenvalue weighted by atomic mass is 19.1. The van der Waals surface area contributed by atoms with Gasteiger partial charge in [0.2, 0.25) is 0 Å². The molecule has 162 valence electrons. The van der Waals surface area contributed by atoms with Gasteiger partial charge in [-0.25, -0.2) is 4.39 Å². The molecule has 3 rings (SSSR count). The number of benzene rings is 2. The Balaban J connectivity index is 0.000000343. The molecule has 4 N–H and O–H groups in total. The van der Waals surface area contributed by atoms with E-state index in [1.807, 2.05) is 12.1 Å². The summed E-state index contributed by atoms with van der Waals surface area (Å²) in [4.78, 5) is 19.3. The standard InChI is InChI=1S/C19H23FN2.C4H6O4/c1-13-3-4-16-9-11-21-12-10-18(16)19(13)22-14(2)15-5-7-17(20)8-6-15;5-3(6)1-2-4(7)8/h3-8,14,21-22H,9-12H2,1-2H3;1-2H2,(H,5,6)(H,7,8)/t14-;/m0./s1. The molecule has 30 heavy (non-hydrogen) atoms. The van der Waals surface area contributed by atoms with Crippen molar-refractivity contribution in [2.75, 3.05) is 18.4 Å². The maximum Gasteiger partial charge on any atom is 0.303 e.